The molecule has 0 saturated heterocycles. The van der Waals surface area contributed by atoms with Gasteiger partial charge in [-0.15, -0.1) is 11.6 Å². The summed E-state index contributed by atoms with van der Waals surface area (Å²) >= 11 is 5.94. The van der Waals surface area contributed by atoms with E-state index in [9.17, 15) is 0 Å². The first-order valence-electron chi connectivity index (χ1n) is 5.23. The van der Waals surface area contributed by atoms with Gasteiger partial charge in [0.25, 0.3) is 0 Å². The van der Waals surface area contributed by atoms with Crippen LogP contribution in [0.3, 0.4) is 0 Å². The van der Waals surface area contributed by atoms with Crippen molar-refractivity contribution in [1.82, 2.24) is 10.2 Å². The number of alkyl halides is 1. The topological polar surface area (TPSA) is 15.3 Å². The van der Waals surface area contributed by atoms with Crippen LogP contribution in [0, 0.1) is 0 Å². The van der Waals surface area contributed by atoms with Crippen molar-refractivity contribution in [3.63, 3.8) is 0 Å². The van der Waals surface area contributed by atoms with Crippen molar-refractivity contribution >= 4 is 11.6 Å². The van der Waals surface area contributed by atoms with Crippen molar-refractivity contribution in [3.8, 4) is 0 Å². The average molecular weight is 227 g/mol. The molecule has 0 saturated carbocycles. The maximum atomic E-state index is 5.94. The highest BCUT2D eigenvalue weighted by Gasteiger charge is 2.08. The molecule has 0 radical (unpaired) electrons. The molecule has 0 fully saturated rings. The first-order chi connectivity index (χ1) is 7.24. The van der Waals surface area contributed by atoms with Gasteiger partial charge in [-0.1, -0.05) is 30.3 Å². The van der Waals surface area contributed by atoms with Gasteiger partial charge in [0, 0.05) is 25.0 Å². The molecule has 1 aromatic carbocycles. The highest BCUT2D eigenvalue weighted by molar-refractivity contribution is 6.18. The Morgan fingerprint density at radius 1 is 1.27 bits per heavy atom. The van der Waals surface area contributed by atoms with Crippen LogP contribution in [0.25, 0.3) is 0 Å². The molecule has 0 heterocycles. The molecular weight excluding hydrogens is 208 g/mol. The van der Waals surface area contributed by atoms with Crippen molar-refractivity contribution in [2.45, 2.75) is 6.04 Å². The molecule has 0 aliphatic carbocycles. The highest BCUT2D eigenvalue weighted by Crippen LogP contribution is 2.13. The van der Waals surface area contributed by atoms with Crippen LogP contribution >= 0.6 is 11.6 Å². The second-order valence-corrected chi connectivity index (χ2v) is 4.18. The number of hydrogen-bond acceptors (Lipinski definition) is 2. The molecule has 2 nitrogen and oxygen atoms in total. The number of benzene rings is 1. The quantitative estimate of drug-likeness (QED) is 0.748. The fourth-order valence-corrected chi connectivity index (χ4v) is 1.70. The Balaban J connectivity index is 2.43. The van der Waals surface area contributed by atoms with E-state index in [1.807, 2.05) is 18.2 Å². The third kappa shape index (κ3) is 4.65. The second kappa shape index (κ2) is 6.83. The summed E-state index contributed by atoms with van der Waals surface area (Å²) in [5.41, 5.74) is 1.26. The molecule has 0 aliphatic rings. The smallest absolute Gasteiger partial charge is 0.0457 e. The van der Waals surface area contributed by atoms with Crippen LogP contribution in [-0.2, 0) is 0 Å². The van der Waals surface area contributed by atoms with Crippen molar-refractivity contribution in [1.29, 1.82) is 0 Å². The molecule has 1 atom stereocenters. The molecule has 0 amide bonds. The predicted molar refractivity (Wildman–Crippen MR) is 66.5 cm³/mol. The van der Waals surface area contributed by atoms with Gasteiger partial charge >= 0.3 is 0 Å². The van der Waals surface area contributed by atoms with Gasteiger partial charge in [-0.25, -0.2) is 0 Å². The predicted octanol–water partition coefficient (Wildman–Crippen LogP) is 2.12. The third-order valence-electron chi connectivity index (χ3n) is 2.31. The van der Waals surface area contributed by atoms with E-state index in [0.29, 0.717) is 5.88 Å². The SMILES string of the molecule is CN(C)CCNC(CCl)c1ccccc1. The lowest BCUT2D eigenvalue weighted by atomic mass is 10.1. The van der Waals surface area contributed by atoms with Gasteiger partial charge in [0.05, 0.1) is 0 Å². The van der Waals surface area contributed by atoms with Crippen molar-refractivity contribution < 1.29 is 0 Å². The van der Waals surface area contributed by atoms with Crippen molar-refractivity contribution in [3.05, 3.63) is 35.9 Å². The Kier molecular flexibility index (Phi) is 5.69. The van der Waals surface area contributed by atoms with Crippen LogP contribution in [0.4, 0.5) is 0 Å². The first kappa shape index (κ1) is 12.5. The minimum absolute atomic E-state index is 0.257. The number of likely N-dealkylation sites (N-methyl/N-ethyl adjacent to an activating group) is 1. The summed E-state index contributed by atoms with van der Waals surface area (Å²) in [4.78, 5) is 2.16. The summed E-state index contributed by atoms with van der Waals surface area (Å²) in [6.07, 6.45) is 0. The fourth-order valence-electron chi connectivity index (χ4n) is 1.41. The van der Waals surface area contributed by atoms with Crippen molar-refractivity contribution in [2.24, 2.45) is 0 Å². The zero-order chi connectivity index (χ0) is 11.1. The van der Waals surface area contributed by atoms with Gasteiger partial charge in [0.2, 0.25) is 0 Å². The minimum atomic E-state index is 0.257. The summed E-state index contributed by atoms with van der Waals surface area (Å²) in [5, 5.41) is 3.44. The summed E-state index contributed by atoms with van der Waals surface area (Å²) in [6, 6.07) is 10.6. The Labute approximate surface area is 97.2 Å². The monoisotopic (exact) mass is 226 g/mol. The summed E-state index contributed by atoms with van der Waals surface area (Å²) < 4.78 is 0. The highest BCUT2D eigenvalue weighted by atomic mass is 35.5. The van der Waals surface area contributed by atoms with Crippen LogP contribution in [0.5, 0.6) is 0 Å². The van der Waals surface area contributed by atoms with Crippen molar-refractivity contribution in [2.75, 3.05) is 33.1 Å². The molecule has 1 unspecified atom stereocenters. The Hall–Kier alpha value is -0.570. The van der Waals surface area contributed by atoms with Gasteiger partial charge in [-0.05, 0) is 19.7 Å². The summed E-state index contributed by atoms with van der Waals surface area (Å²) in [6.45, 7) is 1.99. The van der Waals surface area contributed by atoms with E-state index in [0.717, 1.165) is 13.1 Å². The lowest BCUT2D eigenvalue weighted by Crippen LogP contribution is -2.30. The van der Waals surface area contributed by atoms with E-state index in [1.165, 1.54) is 5.56 Å². The van der Waals surface area contributed by atoms with Gasteiger partial charge in [0.1, 0.15) is 0 Å². The molecule has 0 aromatic heterocycles. The molecule has 1 rings (SSSR count). The number of halogens is 1. The Morgan fingerprint density at radius 3 is 2.47 bits per heavy atom. The van der Waals surface area contributed by atoms with E-state index < -0.39 is 0 Å². The molecule has 3 heteroatoms. The molecule has 0 spiro atoms. The van der Waals surface area contributed by atoms with E-state index in [-0.39, 0.29) is 6.04 Å². The largest absolute Gasteiger partial charge is 0.308 e. The van der Waals surface area contributed by atoms with E-state index in [1.54, 1.807) is 0 Å². The molecule has 0 aliphatic heterocycles. The third-order valence-corrected chi connectivity index (χ3v) is 2.61. The van der Waals surface area contributed by atoms with E-state index in [4.69, 9.17) is 11.6 Å². The lowest BCUT2D eigenvalue weighted by molar-refractivity contribution is 0.390. The summed E-state index contributed by atoms with van der Waals surface area (Å²) in [5.74, 6) is 0.609. The second-order valence-electron chi connectivity index (χ2n) is 3.87. The number of nitrogens with one attached hydrogen (secondary N) is 1. The van der Waals surface area contributed by atoms with Gasteiger partial charge in [-0.2, -0.15) is 0 Å². The normalized spacial score (nSPS) is 13.1. The standard InChI is InChI=1S/C12H19ClN2/c1-15(2)9-8-14-12(10-13)11-6-4-3-5-7-11/h3-7,12,14H,8-10H2,1-2H3. The zero-order valence-electron chi connectivity index (χ0n) is 9.41. The summed E-state index contributed by atoms with van der Waals surface area (Å²) in [7, 11) is 4.14. The van der Waals surface area contributed by atoms with E-state index in [2.05, 4.69) is 36.4 Å². The maximum Gasteiger partial charge on any atom is 0.0457 e. The van der Waals surface area contributed by atoms with Gasteiger partial charge < -0.3 is 10.2 Å². The maximum absolute atomic E-state index is 5.94. The lowest BCUT2D eigenvalue weighted by Gasteiger charge is -2.18. The van der Waals surface area contributed by atoms with Crippen LogP contribution in [-0.4, -0.2) is 38.0 Å². The fraction of sp³-hybridized carbons (Fsp3) is 0.500. The minimum Gasteiger partial charge on any atom is -0.308 e. The van der Waals surface area contributed by atoms with Crippen LogP contribution < -0.4 is 5.32 Å². The Bertz CT molecular complexity index is 262. The Morgan fingerprint density at radius 2 is 1.93 bits per heavy atom. The molecule has 1 aromatic rings. The molecule has 15 heavy (non-hydrogen) atoms. The zero-order valence-corrected chi connectivity index (χ0v) is 10.2. The first-order valence-corrected chi connectivity index (χ1v) is 5.76. The van der Waals surface area contributed by atoms with Gasteiger partial charge in [-0.3, -0.25) is 0 Å². The van der Waals surface area contributed by atoms with Crippen LogP contribution in [0.1, 0.15) is 11.6 Å². The van der Waals surface area contributed by atoms with E-state index >= 15 is 0 Å². The number of rotatable bonds is 6. The van der Waals surface area contributed by atoms with Gasteiger partial charge in [0.15, 0.2) is 0 Å². The van der Waals surface area contributed by atoms with Crippen LogP contribution in [0.2, 0.25) is 0 Å². The molecule has 1 N–H and O–H groups in total. The number of hydrogen-bond donors (Lipinski definition) is 1. The van der Waals surface area contributed by atoms with Crippen LogP contribution in [0.15, 0.2) is 30.3 Å². The average Bonchev–Trinajstić information content (AvgIpc) is 2.25. The number of nitrogens with zero attached hydrogens (tertiary/aromatic N) is 1. The molecule has 0 bridgehead atoms. The molecular formula is C12H19ClN2. The molecule has 84 valence electrons.